The van der Waals surface area contributed by atoms with Crippen LogP contribution in [0.4, 0.5) is 0 Å². The predicted molar refractivity (Wildman–Crippen MR) is 59.6 cm³/mol. The van der Waals surface area contributed by atoms with Gasteiger partial charge < -0.3 is 28.8 Å². The second kappa shape index (κ2) is 4.13. The number of hydrogen-bond donors (Lipinski definition) is 1. The summed E-state index contributed by atoms with van der Waals surface area (Å²) >= 11 is 0. The van der Waals surface area contributed by atoms with E-state index < -0.39 is 30.6 Å². The molecule has 6 atom stereocenters. The van der Waals surface area contributed by atoms with E-state index in [1.807, 2.05) is 27.7 Å². The minimum Gasteiger partial charge on any atom is -0.366 e. The smallest absolute Gasteiger partial charge is 0.187 e. The molecule has 0 aromatic rings. The van der Waals surface area contributed by atoms with Crippen LogP contribution >= 0.6 is 0 Å². The molecule has 0 aromatic heterocycles. The molecule has 3 rings (SSSR count). The van der Waals surface area contributed by atoms with Gasteiger partial charge in [0.2, 0.25) is 0 Å². The molecular weight excluding hydrogens is 240 g/mol. The zero-order valence-electron chi connectivity index (χ0n) is 11.0. The van der Waals surface area contributed by atoms with Crippen molar-refractivity contribution in [2.24, 2.45) is 0 Å². The van der Waals surface area contributed by atoms with Crippen molar-refractivity contribution in [3.05, 3.63) is 0 Å². The molecule has 0 saturated carbocycles. The molecule has 0 bridgehead atoms. The highest BCUT2D eigenvalue weighted by molar-refractivity contribution is 4.97. The van der Waals surface area contributed by atoms with Crippen LogP contribution in [0.1, 0.15) is 27.7 Å². The summed E-state index contributed by atoms with van der Waals surface area (Å²) in [7, 11) is 0. The van der Waals surface area contributed by atoms with E-state index in [2.05, 4.69) is 0 Å². The normalized spacial score (nSPS) is 54.8. The molecule has 3 aliphatic rings. The van der Waals surface area contributed by atoms with E-state index in [0.717, 1.165) is 0 Å². The van der Waals surface area contributed by atoms with Crippen LogP contribution in [0.3, 0.4) is 0 Å². The first-order chi connectivity index (χ1) is 8.37. The summed E-state index contributed by atoms with van der Waals surface area (Å²) in [4.78, 5) is 0. The molecule has 104 valence electrons. The van der Waals surface area contributed by atoms with Gasteiger partial charge in [0.05, 0.1) is 12.2 Å². The monoisotopic (exact) mass is 260 g/mol. The Labute approximate surface area is 106 Å². The van der Waals surface area contributed by atoms with E-state index >= 15 is 0 Å². The largest absolute Gasteiger partial charge is 0.366 e. The predicted octanol–water partition coefficient (Wildman–Crippen LogP) is 0.374. The van der Waals surface area contributed by atoms with Crippen LogP contribution in [-0.4, -0.2) is 54.0 Å². The van der Waals surface area contributed by atoms with Gasteiger partial charge in [-0.25, -0.2) is 0 Å². The third kappa shape index (κ3) is 1.97. The highest BCUT2D eigenvalue weighted by atomic mass is 16.8. The van der Waals surface area contributed by atoms with Gasteiger partial charge in [0, 0.05) is 0 Å². The second-order valence-electron chi connectivity index (χ2n) is 5.61. The van der Waals surface area contributed by atoms with Crippen molar-refractivity contribution < 1.29 is 28.8 Å². The van der Waals surface area contributed by atoms with E-state index in [4.69, 9.17) is 23.7 Å². The lowest BCUT2D eigenvalue weighted by Gasteiger charge is -2.25. The fraction of sp³-hybridized carbons (Fsp3) is 1.00. The van der Waals surface area contributed by atoms with Crippen molar-refractivity contribution >= 4 is 0 Å². The van der Waals surface area contributed by atoms with Crippen LogP contribution in [0, 0.1) is 0 Å². The Morgan fingerprint density at radius 1 is 0.833 bits per heavy atom. The molecule has 4 unspecified atom stereocenters. The van der Waals surface area contributed by atoms with Gasteiger partial charge in [0.1, 0.15) is 18.3 Å². The molecule has 0 aromatic carbocycles. The van der Waals surface area contributed by atoms with Gasteiger partial charge in [-0.15, -0.1) is 0 Å². The minimum atomic E-state index is -1.000. The van der Waals surface area contributed by atoms with Gasteiger partial charge >= 0.3 is 0 Å². The first-order valence-electron chi connectivity index (χ1n) is 6.37. The van der Waals surface area contributed by atoms with Gasteiger partial charge in [-0.3, -0.25) is 0 Å². The quantitative estimate of drug-likeness (QED) is 0.735. The standard InChI is InChI=1S/C12H20O6/c1-5-6(2)15-11(14-5)9-7-8(10(13)16-9)18-12(3,4)17-7/h5-11,13H,1-4H3/t5?,6?,7-,8+,9?,10?,11?/m1/s1. The lowest BCUT2D eigenvalue weighted by atomic mass is 10.1. The summed E-state index contributed by atoms with van der Waals surface area (Å²) < 4.78 is 28.2. The second-order valence-corrected chi connectivity index (χ2v) is 5.61. The third-order valence-electron chi connectivity index (χ3n) is 3.69. The first kappa shape index (κ1) is 12.8. The average Bonchev–Trinajstić information content (AvgIpc) is 2.84. The number of rotatable bonds is 1. The average molecular weight is 260 g/mol. The maximum absolute atomic E-state index is 9.86. The Morgan fingerprint density at radius 2 is 1.39 bits per heavy atom. The molecule has 0 spiro atoms. The summed E-state index contributed by atoms with van der Waals surface area (Å²) in [5.74, 6) is -0.714. The summed E-state index contributed by atoms with van der Waals surface area (Å²) in [5.41, 5.74) is 0. The zero-order valence-corrected chi connectivity index (χ0v) is 11.0. The van der Waals surface area contributed by atoms with Crippen LogP contribution < -0.4 is 0 Å². The summed E-state index contributed by atoms with van der Waals surface area (Å²) in [5, 5.41) is 9.86. The lowest BCUT2D eigenvalue weighted by Crippen LogP contribution is -2.39. The van der Waals surface area contributed by atoms with Crippen molar-refractivity contribution in [2.45, 2.75) is 76.6 Å². The Hall–Kier alpha value is -0.240. The highest BCUT2D eigenvalue weighted by Crippen LogP contribution is 2.41. The third-order valence-corrected chi connectivity index (χ3v) is 3.69. The molecule has 18 heavy (non-hydrogen) atoms. The number of aliphatic hydroxyl groups is 1. The van der Waals surface area contributed by atoms with Crippen molar-refractivity contribution in [1.29, 1.82) is 0 Å². The molecule has 3 aliphatic heterocycles. The Kier molecular flexibility index (Phi) is 2.93. The van der Waals surface area contributed by atoms with Gasteiger partial charge in [-0.05, 0) is 27.7 Å². The molecule has 0 amide bonds. The van der Waals surface area contributed by atoms with E-state index in [0.29, 0.717) is 0 Å². The van der Waals surface area contributed by atoms with Crippen molar-refractivity contribution in [2.75, 3.05) is 0 Å². The molecular formula is C12H20O6. The highest BCUT2D eigenvalue weighted by Gasteiger charge is 2.58. The fourth-order valence-corrected chi connectivity index (χ4v) is 2.66. The molecule has 3 saturated heterocycles. The van der Waals surface area contributed by atoms with E-state index in [-0.39, 0.29) is 18.3 Å². The maximum Gasteiger partial charge on any atom is 0.187 e. The summed E-state index contributed by atoms with van der Waals surface area (Å²) in [6, 6.07) is 0. The van der Waals surface area contributed by atoms with Crippen molar-refractivity contribution in [1.82, 2.24) is 0 Å². The van der Waals surface area contributed by atoms with Crippen LogP contribution in [-0.2, 0) is 23.7 Å². The van der Waals surface area contributed by atoms with E-state index in [1.165, 1.54) is 0 Å². The van der Waals surface area contributed by atoms with Crippen LogP contribution in [0.2, 0.25) is 0 Å². The molecule has 3 fully saturated rings. The number of ether oxygens (including phenoxy) is 5. The lowest BCUT2D eigenvalue weighted by molar-refractivity contribution is -0.251. The fourth-order valence-electron chi connectivity index (χ4n) is 2.66. The van der Waals surface area contributed by atoms with Crippen LogP contribution in [0.5, 0.6) is 0 Å². The molecule has 6 heteroatoms. The maximum atomic E-state index is 9.86. The minimum absolute atomic E-state index is 0.00474. The Morgan fingerprint density at radius 3 is 2.00 bits per heavy atom. The van der Waals surface area contributed by atoms with Crippen molar-refractivity contribution in [3.8, 4) is 0 Å². The van der Waals surface area contributed by atoms with Gasteiger partial charge in [-0.2, -0.15) is 0 Å². The number of fused-ring (bicyclic) bond motifs is 1. The number of aliphatic hydroxyl groups excluding tert-OH is 1. The molecule has 0 radical (unpaired) electrons. The Bertz CT molecular complexity index is 323. The SMILES string of the molecule is CC1OC(C2OC(O)[C@H]3OC(C)(C)O[C@@H]23)OC1C. The van der Waals surface area contributed by atoms with Crippen LogP contribution in [0.15, 0.2) is 0 Å². The topological polar surface area (TPSA) is 66.4 Å². The van der Waals surface area contributed by atoms with E-state index in [9.17, 15) is 5.11 Å². The zero-order chi connectivity index (χ0) is 13.1. The van der Waals surface area contributed by atoms with E-state index in [1.54, 1.807) is 0 Å². The molecule has 6 nitrogen and oxygen atoms in total. The molecule has 3 heterocycles. The summed E-state index contributed by atoms with van der Waals surface area (Å²) in [6.45, 7) is 7.53. The summed E-state index contributed by atoms with van der Waals surface area (Å²) in [6.07, 6.45) is -2.81. The molecule has 0 aliphatic carbocycles. The van der Waals surface area contributed by atoms with Gasteiger partial charge in [0.15, 0.2) is 18.4 Å². The number of hydrogen-bond acceptors (Lipinski definition) is 6. The first-order valence-corrected chi connectivity index (χ1v) is 6.37. The van der Waals surface area contributed by atoms with Gasteiger partial charge in [0.25, 0.3) is 0 Å². The van der Waals surface area contributed by atoms with Crippen LogP contribution in [0.25, 0.3) is 0 Å². The van der Waals surface area contributed by atoms with Gasteiger partial charge in [-0.1, -0.05) is 0 Å². The van der Waals surface area contributed by atoms with Crippen molar-refractivity contribution in [3.63, 3.8) is 0 Å². The Balaban J connectivity index is 1.74. The molecule has 1 N–H and O–H groups in total.